The number of carbonyl (C=O) groups is 1. The largest absolute Gasteiger partial charge is 0.457 e. The summed E-state index contributed by atoms with van der Waals surface area (Å²) in [6, 6.07) is 15.0. The lowest BCUT2D eigenvalue weighted by Gasteiger charge is -2.38. The molecule has 11 heteroatoms. The van der Waals surface area contributed by atoms with Crippen LogP contribution in [-0.4, -0.2) is 66.4 Å². The Hall–Kier alpha value is -3.57. The monoisotopic (exact) mass is 540 g/mol. The second kappa shape index (κ2) is 12.8. The molecule has 0 radical (unpaired) electrons. The van der Waals surface area contributed by atoms with Crippen LogP contribution in [0.15, 0.2) is 60.9 Å². The molecule has 0 atom stereocenters. The summed E-state index contributed by atoms with van der Waals surface area (Å²) in [5, 5.41) is 9.59. The minimum Gasteiger partial charge on any atom is -0.457 e. The van der Waals surface area contributed by atoms with E-state index in [2.05, 4.69) is 44.2 Å². The summed E-state index contributed by atoms with van der Waals surface area (Å²) in [6.45, 7) is 5.59. The summed E-state index contributed by atoms with van der Waals surface area (Å²) in [5.74, 6) is 1.34. The summed E-state index contributed by atoms with van der Waals surface area (Å²) in [6.07, 6.45) is 8.32. The Morgan fingerprint density at radius 2 is 1.74 bits per heavy atom. The second-order valence-electron chi connectivity index (χ2n) is 9.62. The number of rotatable bonds is 11. The fourth-order valence-electron chi connectivity index (χ4n) is 4.54. The van der Waals surface area contributed by atoms with Gasteiger partial charge in [0.2, 0.25) is 10.0 Å². The molecule has 2 heterocycles. The van der Waals surface area contributed by atoms with Crippen LogP contribution in [0.3, 0.4) is 0 Å². The zero-order valence-electron chi connectivity index (χ0n) is 21.9. The van der Waals surface area contributed by atoms with E-state index in [4.69, 9.17) is 4.74 Å². The molecule has 204 valence electrons. The quantitative estimate of drug-likeness (QED) is 0.319. The van der Waals surface area contributed by atoms with Gasteiger partial charge in [0.25, 0.3) is 0 Å². The van der Waals surface area contributed by atoms with Crippen LogP contribution in [-0.2, 0) is 16.6 Å². The van der Waals surface area contributed by atoms with Crippen LogP contribution in [0.5, 0.6) is 11.5 Å². The van der Waals surface area contributed by atoms with Crippen LogP contribution in [0.1, 0.15) is 38.2 Å². The highest BCUT2D eigenvalue weighted by molar-refractivity contribution is 7.92. The number of hydrogen-bond donors (Lipinski definition) is 3. The number of nitrogens with one attached hydrogen (secondary N) is 3. The van der Waals surface area contributed by atoms with Gasteiger partial charge in [-0.15, -0.1) is 0 Å². The van der Waals surface area contributed by atoms with E-state index in [1.54, 1.807) is 36.7 Å². The molecule has 1 aliphatic rings. The van der Waals surface area contributed by atoms with Crippen LogP contribution >= 0.6 is 0 Å². The van der Waals surface area contributed by atoms with Gasteiger partial charge in [0.1, 0.15) is 11.5 Å². The molecule has 2 amide bonds. The third-order valence-corrected chi connectivity index (χ3v) is 7.09. The topological polar surface area (TPSA) is 120 Å². The zero-order valence-corrected chi connectivity index (χ0v) is 22.7. The van der Waals surface area contributed by atoms with Gasteiger partial charge in [-0.2, -0.15) is 5.10 Å². The van der Waals surface area contributed by atoms with Gasteiger partial charge >= 0.3 is 6.03 Å². The van der Waals surface area contributed by atoms with Crippen molar-refractivity contribution in [3.8, 4) is 11.5 Å². The maximum atomic E-state index is 12.9. The number of benzene rings is 2. The molecule has 2 aromatic carbocycles. The van der Waals surface area contributed by atoms with Crippen LogP contribution in [0, 0.1) is 0 Å². The van der Waals surface area contributed by atoms with Gasteiger partial charge in [-0.3, -0.25) is 14.7 Å². The normalized spacial score (nSPS) is 14.7. The molecule has 0 saturated carbocycles. The average molecular weight is 541 g/mol. The number of aromatic nitrogens is 2. The van der Waals surface area contributed by atoms with Crippen molar-refractivity contribution in [2.45, 2.75) is 45.2 Å². The summed E-state index contributed by atoms with van der Waals surface area (Å²) >= 11 is 0. The molecule has 3 aromatic rings. The number of likely N-dealkylation sites (tertiary alicyclic amines) is 1. The number of ether oxygens (including phenoxy) is 1. The predicted octanol–water partition coefficient (Wildman–Crippen LogP) is 4.87. The third kappa shape index (κ3) is 8.22. The highest BCUT2D eigenvalue weighted by Gasteiger charge is 2.28. The molecule has 1 aromatic heterocycles. The molecular formula is C27H36N6O4S. The minimum atomic E-state index is -3.31. The van der Waals surface area contributed by atoms with E-state index in [9.17, 15) is 13.2 Å². The number of unbranched alkanes of at least 4 members (excludes halogenated alkanes) is 1. The molecule has 4 rings (SSSR count). The van der Waals surface area contributed by atoms with Crippen molar-refractivity contribution in [2.75, 3.05) is 35.9 Å². The van der Waals surface area contributed by atoms with E-state index < -0.39 is 10.0 Å². The van der Waals surface area contributed by atoms with E-state index in [0.717, 1.165) is 58.1 Å². The first-order chi connectivity index (χ1) is 18.3. The van der Waals surface area contributed by atoms with Crippen molar-refractivity contribution in [3.05, 3.63) is 66.5 Å². The standard InChI is InChI=1S/C27H36N6O4S/c1-3-4-15-33(27(34)30-23-18-28-29-19-23)24-13-16-32(17-14-24)20-21-5-9-25(10-6-21)37-26-11-7-22(8-12-26)31-38(2,35)36/h5-12,18-19,24,31H,3-4,13-17,20H2,1-2H3,(H,28,29)(H,30,34). The van der Waals surface area contributed by atoms with Gasteiger partial charge in [0.05, 0.1) is 18.1 Å². The molecule has 0 aliphatic carbocycles. The molecule has 1 saturated heterocycles. The second-order valence-corrected chi connectivity index (χ2v) is 11.4. The van der Waals surface area contributed by atoms with Crippen molar-refractivity contribution >= 4 is 27.4 Å². The van der Waals surface area contributed by atoms with Gasteiger partial charge in [-0.25, -0.2) is 13.2 Å². The van der Waals surface area contributed by atoms with Gasteiger partial charge in [-0.05, 0) is 61.2 Å². The maximum Gasteiger partial charge on any atom is 0.322 e. The molecule has 3 N–H and O–H groups in total. The predicted molar refractivity (Wildman–Crippen MR) is 149 cm³/mol. The first-order valence-electron chi connectivity index (χ1n) is 12.9. The van der Waals surface area contributed by atoms with Crippen molar-refractivity contribution in [1.29, 1.82) is 0 Å². The van der Waals surface area contributed by atoms with Crippen LogP contribution in [0.4, 0.5) is 16.2 Å². The fourth-order valence-corrected chi connectivity index (χ4v) is 5.11. The first kappa shape index (κ1) is 27.5. The molecule has 0 unspecified atom stereocenters. The molecule has 0 bridgehead atoms. The fraction of sp³-hybridized carbons (Fsp3) is 0.407. The Labute approximate surface area is 224 Å². The number of carbonyl (C=O) groups excluding carboxylic acids is 1. The Bertz CT molecular complexity index is 1260. The number of hydrogen-bond acceptors (Lipinski definition) is 6. The van der Waals surface area contributed by atoms with Crippen molar-refractivity contribution in [2.24, 2.45) is 0 Å². The summed E-state index contributed by atoms with van der Waals surface area (Å²) in [4.78, 5) is 17.4. The smallest absolute Gasteiger partial charge is 0.322 e. The Kier molecular flexibility index (Phi) is 9.24. The SMILES string of the molecule is CCCCN(C(=O)Nc1cn[nH]c1)C1CCN(Cc2ccc(Oc3ccc(NS(C)(=O)=O)cc3)cc2)CC1. The number of H-pyrrole nitrogens is 1. The number of nitrogens with zero attached hydrogens (tertiary/aromatic N) is 3. The van der Waals surface area contributed by atoms with E-state index in [0.29, 0.717) is 22.9 Å². The van der Waals surface area contributed by atoms with Crippen LogP contribution < -0.4 is 14.8 Å². The molecule has 0 spiro atoms. The van der Waals surface area contributed by atoms with Gasteiger partial charge in [0, 0.05) is 44.1 Å². The molecule has 38 heavy (non-hydrogen) atoms. The van der Waals surface area contributed by atoms with E-state index in [-0.39, 0.29) is 12.1 Å². The first-order valence-corrected chi connectivity index (χ1v) is 14.8. The molecule has 1 aliphatic heterocycles. The third-order valence-electron chi connectivity index (χ3n) is 6.48. The van der Waals surface area contributed by atoms with Gasteiger partial charge in [-0.1, -0.05) is 25.5 Å². The van der Waals surface area contributed by atoms with E-state index >= 15 is 0 Å². The molecule has 10 nitrogen and oxygen atoms in total. The maximum absolute atomic E-state index is 12.9. The van der Waals surface area contributed by atoms with Gasteiger partial charge in [0.15, 0.2) is 0 Å². The molecular weight excluding hydrogens is 504 g/mol. The summed E-state index contributed by atoms with van der Waals surface area (Å²) in [5.41, 5.74) is 2.37. The highest BCUT2D eigenvalue weighted by atomic mass is 32.2. The number of aromatic amines is 1. The number of anilines is 2. The van der Waals surface area contributed by atoms with Crippen molar-refractivity contribution in [3.63, 3.8) is 0 Å². The highest BCUT2D eigenvalue weighted by Crippen LogP contribution is 2.25. The summed E-state index contributed by atoms with van der Waals surface area (Å²) < 4.78 is 31.0. The van der Waals surface area contributed by atoms with Gasteiger partial charge < -0.3 is 15.0 Å². The lowest BCUT2D eigenvalue weighted by atomic mass is 10.0. The number of sulfonamides is 1. The van der Waals surface area contributed by atoms with Crippen LogP contribution in [0.2, 0.25) is 0 Å². The lowest BCUT2D eigenvalue weighted by Crippen LogP contribution is -2.49. The minimum absolute atomic E-state index is 0.0600. The van der Waals surface area contributed by atoms with E-state index in [1.165, 1.54) is 5.56 Å². The van der Waals surface area contributed by atoms with Crippen molar-refractivity contribution < 1.29 is 17.9 Å². The Balaban J connectivity index is 1.26. The number of piperidine rings is 1. The lowest BCUT2D eigenvalue weighted by molar-refractivity contribution is 0.122. The van der Waals surface area contributed by atoms with E-state index in [1.807, 2.05) is 17.0 Å². The summed E-state index contributed by atoms with van der Waals surface area (Å²) in [7, 11) is -3.31. The number of urea groups is 1. The van der Waals surface area contributed by atoms with Crippen molar-refractivity contribution in [1.82, 2.24) is 20.0 Å². The Morgan fingerprint density at radius 3 is 2.32 bits per heavy atom. The number of amides is 2. The Morgan fingerprint density at radius 1 is 1.08 bits per heavy atom. The van der Waals surface area contributed by atoms with Crippen LogP contribution in [0.25, 0.3) is 0 Å². The zero-order chi connectivity index (χ0) is 27.0. The average Bonchev–Trinajstić information content (AvgIpc) is 3.40. The molecule has 1 fully saturated rings.